The van der Waals surface area contributed by atoms with E-state index in [9.17, 15) is 14.9 Å². The van der Waals surface area contributed by atoms with E-state index in [0.717, 1.165) is 24.2 Å². The Labute approximate surface area is 175 Å². The molecule has 2 aromatic carbocycles. The minimum Gasteiger partial charge on any atom is -0.341 e. The van der Waals surface area contributed by atoms with Crippen molar-refractivity contribution in [2.45, 2.75) is 36.2 Å². The highest BCUT2D eigenvalue weighted by molar-refractivity contribution is 7.98. The number of carbonyl (C=O) groups excluding carboxylic acids is 1. The summed E-state index contributed by atoms with van der Waals surface area (Å²) in [7, 11) is 1.70. The molecule has 1 saturated heterocycles. The van der Waals surface area contributed by atoms with Gasteiger partial charge in [-0.2, -0.15) is 0 Å². The number of hydrazine groups is 1. The van der Waals surface area contributed by atoms with Crippen molar-refractivity contribution in [1.29, 1.82) is 0 Å². The van der Waals surface area contributed by atoms with Crippen LogP contribution in [0, 0.1) is 10.1 Å². The maximum absolute atomic E-state index is 12.8. The van der Waals surface area contributed by atoms with E-state index < -0.39 is 4.92 Å². The van der Waals surface area contributed by atoms with Gasteiger partial charge in [-0.1, -0.05) is 30.3 Å². The Morgan fingerprint density at radius 3 is 2.69 bits per heavy atom. The van der Waals surface area contributed by atoms with Crippen LogP contribution in [0.1, 0.15) is 41.2 Å². The van der Waals surface area contributed by atoms with Crippen LogP contribution in [-0.4, -0.2) is 41.6 Å². The summed E-state index contributed by atoms with van der Waals surface area (Å²) in [6, 6.07) is 15.6. The fourth-order valence-electron chi connectivity index (χ4n) is 3.57. The zero-order chi connectivity index (χ0) is 20.8. The van der Waals surface area contributed by atoms with E-state index in [0.29, 0.717) is 12.6 Å². The second-order valence-corrected chi connectivity index (χ2v) is 8.07. The molecule has 2 atom stereocenters. The van der Waals surface area contributed by atoms with Crippen LogP contribution in [0.15, 0.2) is 53.4 Å². The summed E-state index contributed by atoms with van der Waals surface area (Å²) in [4.78, 5) is 26.0. The molecule has 2 unspecified atom stereocenters. The van der Waals surface area contributed by atoms with Gasteiger partial charge in [-0.3, -0.25) is 25.8 Å². The second-order valence-electron chi connectivity index (χ2n) is 7.19. The van der Waals surface area contributed by atoms with Crippen LogP contribution in [0.5, 0.6) is 0 Å². The lowest BCUT2D eigenvalue weighted by Gasteiger charge is -2.18. The van der Waals surface area contributed by atoms with Crippen molar-refractivity contribution >= 4 is 23.4 Å². The number of rotatable bonds is 8. The van der Waals surface area contributed by atoms with Crippen LogP contribution in [0.4, 0.5) is 5.69 Å². The number of amides is 1. The average molecular weight is 415 g/mol. The molecule has 8 heteroatoms. The number of hydrogen-bond acceptors (Lipinski definition) is 6. The van der Waals surface area contributed by atoms with E-state index >= 15 is 0 Å². The minimum absolute atomic E-state index is 0.146. The van der Waals surface area contributed by atoms with E-state index in [1.54, 1.807) is 24.1 Å². The molecule has 1 aliphatic rings. The van der Waals surface area contributed by atoms with E-state index in [1.807, 2.05) is 24.5 Å². The lowest BCUT2D eigenvalue weighted by molar-refractivity contribution is -0.385. The highest BCUT2D eigenvalue weighted by atomic mass is 32.2. The predicted octanol–water partition coefficient (Wildman–Crippen LogP) is 3.78. The van der Waals surface area contributed by atoms with Crippen molar-refractivity contribution in [1.82, 2.24) is 15.8 Å². The van der Waals surface area contributed by atoms with Crippen LogP contribution >= 0.6 is 11.8 Å². The summed E-state index contributed by atoms with van der Waals surface area (Å²) in [6.45, 7) is 0.549. The zero-order valence-corrected chi connectivity index (χ0v) is 17.4. The molecule has 0 spiro atoms. The minimum atomic E-state index is -0.497. The maximum atomic E-state index is 12.8. The Morgan fingerprint density at radius 2 is 2.00 bits per heavy atom. The summed E-state index contributed by atoms with van der Waals surface area (Å²) in [6.07, 6.45) is 4.60. The number of nitro benzene ring substituents is 1. The molecule has 154 valence electrons. The quantitative estimate of drug-likeness (QED) is 0.388. The lowest BCUT2D eigenvalue weighted by Crippen LogP contribution is -2.32. The van der Waals surface area contributed by atoms with Gasteiger partial charge in [0.15, 0.2) is 0 Å². The fraction of sp³-hybridized carbons (Fsp3) is 0.381. The molecule has 1 amide bonds. The van der Waals surface area contributed by atoms with Gasteiger partial charge in [0.2, 0.25) is 0 Å². The SMILES string of the molecule is CSc1ccc([N+](=O)[O-])c(C(=O)N(C)CCCC2CC(c3ccccc3)NN2)c1. The standard InChI is InChI=1S/C21H26N4O3S/c1-24(21(26)18-14-17(29-2)10-11-20(18)25(27)28)12-6-9-16-13-19(23-22-16)15-7-4-3-5-8-15/h3-5,7-8,10-11,14,16,19,22-23H,6,9,12-13H2,1-2H3. The van der Waals surface area contributed by atoms with Crippen molar-refractivity contribution in [2.24, 2.45) is 0 Å². The second kappa shape index (κ2) is 9.87. The molecule has 0 aliphatic carbocycles. The summed E-state index contributed by atoms with van der Waals surface area (Å²) >= 11 is 1.46. The Kier molecular flexibility index (Phi) is 7.24. The Hall–Kier alpha value is -2.42. The Morgan fingerprint density at radius 1 is 1.24 bits per heavy atom. The van der Waals surface area contributed by atoms with E-state index in [4.69, 9.17) is 0 Å². The molecule has 1 fully saturated rings. The summed E-state index contributed by atoms with van der Waals surface area (Å²) in [5.74, 6) is -0.313. The topological polar surface area (TPSA) is 87.5 Å². The monoisotopic (exact) mass is 414 g/mol. The van der Waals surface area contributed by atoms with Crippen molar-refractivity contribution in [2.75, 3.05) is 19.8 Å². The van der Waals surface area contributed by atoms with Gasteiger partial charge < -0.3 is 4.90 Å². The highest BCUT2D eigenvalue weighted by Gasteiger charge is 2.26. The molecular weight excluding hydrogens is 388 g/mol. The first-order valence-electron chi connectivity index (χ1n) is 9.63. The molecule has 3 rings (SSSR count). The summed E-state index contributed by atoms with van der Waals surface area (Å²) in [5, 5.41) is 11.3. The molecule has 0 radical (unpaired) electrons. The molecule has 2 N–H and O–H groups in total. The van der Waals surface area contributed by atoms with Crippen molar-refractivity contribution in [3.63, 3.8) is 0 Å². The van der Waals surface area contributed by atoms with Crippen molar-refractivity contribution in [3.05, 3.63) is 69.8 Å². The molecule has 29 heavy (non-hydrogen) atoms. The number of nitro groups is 1. The van der Waals surface area contributed by atoms with Crippen LogP contribution in [0.3, 0.4) is 0 Å². The summed E-state index contributed by atoms with van der Waals surface area (Å²) in [5.41, 5.74) is 7.93. The van der Waals surface area contributed by atoms with Gasteiger partial charge in [-0.25, -0.2) is 0 Å². The normalized spacial score (nSPS) is 18.6. The molecule has 1 aliphatic heterocycles. The van der Waals surface area contributed by atoms with Crippen molar-refractivity contribution in [3.8, 4) is 0 Å². The number of carbonyl (C=O) groups is 1. The first-order chi connectivity index (χ1) is 14.0. The number of nitrogens with zero attached hydrogens (tertiary/aromatic N) is 2. The molecule has 2 aromatic rings. The van der Waals surface area contributed by atoms with Crippen LogP contribution < -0.4 is 10.9 Å². The Balaban J connectivity index is 1.53. The van der Waals surface area contributed by atoms with Crippen molar-refractivity contribution < 1.29 is 9.72 Å². The number of nitrogens with one attached hydrogen (secondary N) is 2. The highest BCUT2D eigenvalue weighted by Crippen LogP contribution is 2.26. The third-order valence-corrected chi connectivity index (χ3v) is 5.93. The predicted molar refractivity (Wildman–Crippen MR) is 115 cm³/mol. The first-order valence-corrected chi connectivity index (χ1v) is 10.9. The first kappa shape index (κ1) is 21.3. The molecule has 0 aromatic heterocycles. The van der Waals surface area contributed by atoms with Gasteiger partial charge in [0, 0.05) is 36.6 Å². The summed E-state index contributed by atoms with van der Waals surface area (Å²) < 4.78 is 0. The smallest absolute Gasteiger partial charge is 0.282 e. The van der Waals surface area contributed by atoms with Crippen LogP contribution in [-0.2, 0) is 0 Å². The van der Waals surface area contributed by atoms with Gasteiger partial charge in [-0.05, 0) is 43.2 Å². The number of hydrogen-bond donors (Lipinski definition) is 2. The van der Waals surface area contributed by atoms with E-state index in [-0.39, 0.29) is 23.2 Å². The van der Waals surface area contributed by atoms with Gasteiger partial charge in [0.25, 0.3) is 11.6 Å². The van der Waals surface area contributed by atoms with Gasteiger partial charge in [0.1, 0.15) is 5.56 Å². The van der Waals surface area contributed by atoms with Gasteiger partial charge in [-0.15, -0.1) is 11.8 Å². The van der Waals surface area contributed by atoms with E-state index in [1.165, 1.54) is 23.4 Å². The molecule has 0 bridgehead atoms. The zero-order valence-electron chi connectivity index (χ0n) is 16.6. The van der Waals surface area contributed by atoms with E-state index in [2.05, 4.69) is 23.0 Å². The largest absolute Gasteiger partial charge is 0.341 e. The fourth-order valence-corrected chi connectivity index (χ4v) is 4.01. The maximum Gasteiger partial charge on any atom is 0.282 e. The molecule has 7 nitrogen and oxygen atoms in total. The van der Waals surface area contributed by atoms with Crippen LogP contribution in [0.25, 0.3) is 0 Å². The molecule has 0 saturated carbocycles. The lowest BCUT2D eigenvalue weighted by atomic mass is 10.00. The molecular formula is C21H26N4O3S. The third kappa shape index (κ3) is 5.35. The van der Waals surface area contributed by atoms with Gasteiger partial charge in [0.05, 0.1) is 4.92 Å². The average Bonchev–Trinajstić information content (AvgIpc) is 3.22. The van der Waals surface area contributed by atoms with Gasteiger partial charge >= 0.3 is 0 Å². The number of thioether (sulfide) groups is 1. The van der Waals surface area contributed by atoms with Crippen LogP contribution in [0.2, 0.25) is 0 Å². The molecule has 1 heterocycles. The number of benzene rings is 2. The Bertz CT molecular complexity index is 862. The third-order valence-electron chi connectivity index (χ3n) is 5.21.